The highest BCUT2D eigenvalue weighted by atomic mass is 15.3. The summed E-state index contributed by atoms with van der Waals surface area (Å²) in [6, 6.07) is 44.1. The van der Waals surface area contributed by atoms with Gasteiger partial charge < -0.3 is 14.7 Å². The van der Waals surface area contributed by atoms with Gasteiger partial charge in [-0.3, -0.25) is 0 Å². The molecular formula is C63H76BN3. The Balaban J connectivity index is 1.29. The van der Waals surface area contributed by atoms with Gasteiger partial charge in [-0.2, -0.15) is 0 Å². The second kappa shape index (κ2) is 14.4. The van der Waals surface area contributed by atoms with E-state index in [4.69, 9.17) is 0 Å². The molecule has 4 aliphatic rings. The quantitative estimate of drug-likeness (QED) is 0.164. The maximum absolute atomic E-state index is 2.74. The van der Waals surface area contributed by atoms with Crippen molar-refractivity contribution in [3.63, 3.8) is 0 Å². The molecule has 2 unspecified atom stereocenters. The third-order valence-corrected chi connectivity index (χ3v) is 16.8. The molecule has 10 rings (SSSR count). The molecule has 2 atom stereocenters. The number of hydrogen-bond donors (Lipinski definition) is 0. The normalized spacial score (nSPS) is 20.0. The van der Waals surface area contributed by atoms with Crippen LogP contribution in [0.3, 0.4) is 0 Å². The van der Waals surface area contributed by atoms with E-state index in [-0.39, 0.29) is 44.7 Å². The lowest BCUT2D eigenvalue weighted by Crippen LogP contribution is -2.62. The van der Waals surface area contributed by atoms with E-state index in [9.17, 15) is 0 Å². The SMILES string of the molecule is Cc1cc(C(C)(C)C)ccc1N1c2ccc(C(C)(C)C)cc2B2c3ccc(N4c5ccc(C(C)(C)C)cc5C5(C)CCC45C)cc3N(c3ccc(C(C)(C)C)cc3)c3cc(C(C)(C)C)cc1c32. The number of aryl methyl sites for hydroxylation is 1. The third kappa shape index (κ3) is 6.88. The number of hydrogen-bond acceptors (Lipinski definition) is 3. The van der Waals surface area contributed by atoms with Gasteiger partial charge >= 0.3 is 0 Å². The van der Waals surface area contributed by atoms with Gasteiger partial charge in [0.1, 0.15) is 0 Å². The Kier molecular flexibility index (Phi) is 9.80. The van der Waals surface area contributed by atoms with Gasteiger partial charge in [0.2, 0.25) is 0 Å². The van der Waals surface area contributed by atoms with Crippen molar-refractivity contribution < 1.29 is 0 Å². The Morgan fingerprint density at radius 2 is 0.896 bits per heavy atom. The van der Waals surface area contributed by atoms with E-state index >= 15 is 0 Å². The molecule has 0 saturated heterocycles. The zero-order chi connectivity index (χ0) is 48.3. The van der Waals surface area contributed by atoms with E-state index in [1.54, 1.807) is 0 Å². The van der Waals surface area contributed by atoms with Crippen molar-refractivity contribution in [3.8, 4) is 0 Å². The fourth-order valence-corrected chi connectivity index (χ4v) is 12.0. The average molecular weight is 886 g/mol. The van der Waals surface area contributed by atoms with Crippen LogP contribution < -0.4 is 31.1 Å². The summed E-state index contributed by atoms with van der Waals surface area (Å²) in [4.78, 5) is 8.01. The maximum atomic E-state index is 2.74. The Labute approximate surface area is 405 Å². The topological polar surface area (TPSA) is 9.72 Å². The average Bonchev–Trinajstić information content (AvgIpc) is 3.36. The molecule has 6 aromatic carbocycles. The van der Waals surface area contributed by atoms with Gasteiger partial charge in [-0.05, 0) is 164 Å². The first-order valence-electron chi connectivity index (χ1n) is 25.3. The molecule has 4 heteroatoms. The van der Waals surface area contributed by atoms with Crippen LogP contribution in [0.4, 0.5) is 45.5 Å². The van der Waals surface area contributed by atoms with E-state index in [0.717, 1.165) is 6.42 Å². The number of benzene rings is 6. The lowest BCUT2D eigenvalue weighted by molar-refractivity contribution is 0.133. The number of rotatable bonds is 3. The predicted octanol–water partition coefficient (Wildman–Crippen LogP) is 15.5. The molecule has 3 nitrogen and oxygen atoms in total. The first-order valence-corrected chi connectivity index (χ1v) is 25.3. The van der Waals surface area contributed by atoms with Crippen molar-refractivity contribution >= 4 is 68.6 Å². The Hall–Kier alpha value is -5.22. The van der Waals surface area contributed by atoms with Gasteiger partial charge in [-0.1, -0.05) is 165 Å². The van der Waals surface area contributed by atoms with Gasteiger partial charge in [0.05, 0.1) is 5.54 Å². The largest absolute Gasteiger partial charge is 0.334 e. The van der Waals surface area contributed by atoms with Crippen LogP contribution in [0.1, 0.15) is 169 Å². The Morgan fingerprint density at radius 1 is 0.403 bits per heavy atom. The molecular weight excluding hydrogens is 810 g/mol. The molecule has 346 valence electrons. The van der Waals surface area contributed by atoms with Crippen LogP contribution >= 0.6 is 0 Å². The summed E-state index contributed by atoms with van der Waals surface area (Å²) < 4.78 is 0. The highest BCUT2D eigenvalue weighted by Gasteiger charge is 2.63. The van der Waals surface area contributed by atoms with Crippen LogP contribution in [0.15, 0.2) is 109 Å². The zero-order valence-corrected chi connectivity index (χ0v) is 44.2. The van der Waals surface area contributed by atoms with Crippen LogP contribution in [0.2, 0.25) is 0 Å². The van der Waals surface area contributed by atoms with Crippen molar-refractivity contribution in [2.75, 3.05) is 14.7 Å². The summed E-state index contributed by atoms with van der Waals surface area (Å²) in [7, 11) is 0. The van der Waals surface area contributed by atoms with Crippen molar-refractivity contribution in [2.24, 2.45) is 0 Å². The Bertz CT molecular complexity index is 2990. The maximum Gasteiger partial charge on any atom is 0.252 e. The van der Waals surface area contributed by atoms with Crippen molar-refractivity contribution in [2.45, 2.75) is 175 Å². The predicted molar refractivity (Wildman–Crippen MR) is 292 cm³/mol. The molecule has 0 bridgehead atoms. The van der Waals surface area contributed by atoms with Crippen molar-refractivity contribution in [3.05, 3.63) is 148 Å². The molecule has 67 heavy (non-hydrogen) atoms. The molecule has 0 aromatic heterocycles. The standard InChI is InChI=1S/C63H76BN3/c1-39-33-41(58(5,6)7)21-28-50(39)66-52-30-23-43(60(11,12)13)35-49(52)64-48-27-26-46(67-51-29-22-42(59(8,9)10)34-47(51)62(17)31-32-63(62,67)18)38-53(48)65(45-24-19-40(20-25-45)57(2,3)4)54-36-44(61(14,15)16)37-55(66)56(54)64/h19-30,33-38H,31-32H2,1-18H3. The van der Waals surface area contributed by atoms with Gasteiger partial charge in [-0.15, -0.1) is 0 Å². The first kappa shape index (κ1) is 45.6. The van der Waals surface area contributed by atoms with Crippen LogP contribution in [0.5, 0.6) is 0 Å². The van der Waals surface area contributed by atoms with Gasteiger partial charge in [-0.25, -0.2) is 0 Å². The fourth-order valence-electron chi connectivity index (χ4n) is 12.0. The second-order valence-electron chi connectivity index (χ2n) is 26.5. The van der Waals surface area contributed by atoms with Crippen LogP contribution in [-0.4, -0.2) is 12.3 Å². The van der Waals surface area contributed by atoms with Crippen LogP contribution in [-0.2, 0) is 32.5 Å². The highest BCUT2D eigenvalue weighted by molar-refractivity contribution is 7.00. The number of nitrogens with zero attached hydrogens (tertiary/aromatic N) is 3. The van der Waals surface area contributed by atoms with Gasteiger partial charge in [0, 0.05) is 50.9 Å². The lowest BCUT2D eigenvalue weighted by atomic mass is 9.33. The van der Waals surface area contributed by atoms with E-state index in [1.807, 2.05) is 0 Å². The third-order valence-electron chi connectivity index (χ3n) is 16.8. The second-order valence-corrected chi connectivity index (χ2v) is 26.5. The number of anilines is 8. The van der Waals surface area contributed by atoms with E-state index < -0.39 is 0 Å². The fraction of sp³-hybridized carbons (Fsp3) is 0.429. The van der Waals surface area contributed by atoms with E-state index in [0.29, 0.717) is 0 Å². The molecule has 6 aromatic rings. The van der Waals surface area contributed by atoms with Crippen molar-refractivity contribution in [1.82, 2.24) is 0 Å². The molecule has 0 amide bonds. The minimum absolute atomic E-state index is 0.0214. The smallest absolute Gasteiger partial charge is 0.252 e. The van der Waals surface area contributed by atoms with E-state index in [1.165, 1.54) is 107 Å². The summed E-state index contributed by atoms with van der Waals surface area (Å²) in [5.74, 6) is 0. The number of fused-ring (bicyclic) bond motifs is 7. The highest BCUT2D eigenvalue weighted by Crippen LogP contribution is 2.65. The summed E-state index contributed by atoms with van der Waals surface area (Å²) in [5.41, 5.74) is 24.0. The van der Waals surface area contributed by atoms with Crippen molar-refractivity contribution in [1.29, 1.82) is 0 Å². The van der Waals surface area contributed by atoms with E-state index in [2.05, 4.69) is 249 Å². The molecule has 3 heterocycles. The summed E-state index contributed by atoms with van der Waals surface area (Å²) in [6.45, 7) is 42.6. The molecule has 3 aliphatic heterocycles. The Morgan fingerprint density at radius 3 is 1.43 bits per heavy atom. The first-order chi connectivity index (χ1) is 31.0. The molecule has 0 spiro atoms. The van der Waals surface area contributed by atoms with Crippen LogP contribution in [0, 0.1) is 6.92 Å². The minimum Gasteiger partial charge on any atom is -0.334 e. The summed E-state index contributed by atoms with van der Waals surface area (Å²) >= 11 is 0. The molecule has 1 saturated carbocycles. The minimum atomic E-state index is -0.105. The lowest BCUT2D eigenvalue weighted by Gasteiger charge is -2.56. The monoisotopic (exact) mass is 886 g/mol. The molecule has 0 radical (unpaired) electrons. The molecule has 0 N–H and O–H groups in total. The van der Waals surface area contributed by atoms with Gasteiger partial charge in [0.25, 0.3) is 6.71 Å². The van der Waals surface area contributed by atoms with Gasteiger partial charge in [0.15, 0.2) is 0 Å². The molecule has 1 fully saturated rings. The molecule has 1 aliphatic carbocycles. The zero-order valence-electron chi connectivity index (χ0n) is 44.2. The summed E-state index contributed by atoms with van der Waals surface area (Å²) in [6.07, 6.45) is 2.37. The van der Waals surface area contributed by atoms with Crippen LogP contribution in [0.25, 0.3) is 0 Å². The summed E-state index contributed by atoms with van der Waals surface area (Å²) in [5, 5.41) is 0.